The predicted octanol–water partition coefficient (Wildman–Crippen LogP) is 6.10. The van der Waals surface area contributed by atoms with Gasteiger partial charge in [-0.05, 0) is 43.7 Å². The third kappa shape index (κ3) is 3.01. The van der Waals surface area contributed by atoms with Crippen LogP contribution in [0.25, 0.3) is 11.3 Å². The number of aromatic nitrogens is 2. The van der Waals surface area contributed by atoms with Crippen molar-refractivity contribution in [1.29, 1.82) is 0 Å². The summed E-state index contributed by atoms with van der Waals surface area (Å²) >= 11 is 6.08. The Balaban J connectivity index is 1.71. The van der Waals surface area contributed by atoms with Gasteiger partial charge in [-0.15, -0.1) is 0 Å². The molecule has 0 bridgehead atoms. The van der Waals surface area contributed by atoms with Crippen molar-refractivity contribution in [1.82, 2.24) is 10.2 Å². The molecule has 1 N–H and O–H groups in total. The first-order valence-corrected chi connectivity index (χ1v) is 10.2. The Morgan fingerprint density at radius 3 is 2.10 bits per heavy atom. The van der Waals surface area contributed by atoms with E-state index in [1.807, 2.05) is 60.4 Å². The van der Waals surface area contributed by atoms with Gasteiger partial charge >= 0.3 is 0 Å². The van der Waals surface area contributed by atoms with Crippen molar-refractivity contribution in [2.24, 2.45) is 0 Å². The monoisotopic (exact) mass is 413 g/mol. The molecule has 0 unspecified atom stereocenters. The molecule has 0 saturated heterocycles. The Morgan fingerprint density at radius 2 is 1.47 bits per heavy atom. The maximum absolute atomic E-state index is 13.5. The standard InChI is InChI=1S/C25H20ClN3O/c1-15-3-7-18(8-4-15)24-21-22(17-9-11-19(26)12-10-17)27-28-23(21)25(30)29(24)20-13-5-16(2)6-14-20/h3-14,24H,1-2H3,(H,27,28)/t24-/m1/s1. The highest BCUT2D eigenvalue weighted by atomic mass is 35.5. The number of nitrogens with zero attached hydrogens (tertiary/aromatic N) is 2. The van der Waals surface area contributed by atoms with E-state index in [-0.39, 0.29) is 11.9 Å². The molecule has 148 valence electrons. The predicted molar refractivity (Wildman–Crippen MR) is 120 cm³/mol. The summed E-state index contributed by atoms with van der Waals surface area (Å²) in [6.07, 6.45) is 0. The molecular formula is C25H20ClN3O. The quantitative estimate of drug-likeness (QED) is 0.441. The van der Waals surface area contributed by atoms with E-state index < -0.39 is 0 Å². The Hall–Kier alpha value is -3.37. The zero-order chi connectivity index (χ0) is 20.8. The molecule has 4 aromatic rings. The van der Waals surface area contributed by atoms with Crippen molar-refractivity contribution < 1.29 is 4.79 Å². The minimum Gasteiger partial charge on any atom is -0.295 e. The number of fused-ring (bicyclic) bond motifs is 1. The van der Waals surface area contributed by atoms with Crippen molar-refractivity contribution in [3.63, 3.8) is 0 Å². The van der Waals surface area contributed by atoms with Crippen molar-refractivity contribution in [3.05, 3.63) is 106 Å². The van der Waals surface area contributed by atoms with Gasteiger partial charge in [0, 0.05) is 21.8 Å². The van der Waals surface area contributed by atoms with Gasteiger partial charge in [-0.3, -0.25) is 14.8 Å². The van der Waals surface area contributed by atoms with E-state index in [1.54, 1.807) is 0 Å². The number of hydrogen-bond acceptors (Lipinski definition) is 2. The van der Waals surface area contributed by atoms with E-state index in [1.165, 1.54) is 5.56 Å². The summed E-state index contributed by atoms with van der Waals surface area (Å²) in [6, 6.07) is 23.7. The van der Waals surface area contributed by atoms with Crippen LogP contribution < -0.4 is 4.90 Å². The number of anilines is 1. The fraction of sp³-hybridized carbons (Fsp3) is 0.120. The van der Waals surface area contributed by atoms with Crippen molar-refractivity contribution in [2.75, 3.05) is 4.90 Å². The number of rotatable bonds is 3. The van der Waals surface area contributed by atoms with Gasteiger partial charge in [0.15, 0.2) is 0 Å². The van der Waals surface area contributed by atoms with Crippen LogP contribution >= 0.6 is 11.6 Å². The molecular weight excluding hydrogens is 394 g/mol. The number of carbonyl (C=O) groups excluding carboxylic acids is 1. The van der Waals surface area contributed by atoms with Crippen LogP contribution in [0.4, 0.5) is 5.69 Å². The molecule has 5 rings (SSSR count). The van der Waals surface area contributed by atoms with Gasteiger partial charge in [0.2, 0.25) is 0 Å². The van der Waals surface area contributed by atoms with Crippen molar-refractivity contribution in [2.45, 2.75) is 19.9 Å². The smallest absolute Gasteiger partial charge is 0.277 e. The molecule has 30 heavy (non-hydrogen) atoms. The number of carbonyl (C=O) groups is 1. The summed E-state index contributed by atoms with van der Waals surface area (Å²) in [6.45, 7) is 4.10. The maximum Gasteiger partial charge on any atom is 0.277 e. The molecule has 3 aromatic carbocycles. The van der Waals surface area contributed by atoms with Crippen molar-refractivity contribution >= 4 is 23.2 Å². The Bertz CT molecular complexity index is 1230. The highest BCUT2D eigenvalue weighted by Crippen LogP contribution is 2.45. The van der Waals surface area contributed by atoms with Gasteiger partial charge in [-0.1, -0.05) is 71.3 Å². The number of hydrogen-bond donors (Lipinski definition) is 1. The lowest BCUT2D eigenvalue weighted by Gasteiger charge is -2.26. The normalized spacial score (nSPS) is 15.5. The Morgan fingerprint density at radius 1 is 0.867 bits per heavy atom. The minimum absolute atomic E-state index is 0.0767. The third-order valence-electron chi connectivity index (χ3n) is 5.59. The molecule has 0 saturated carbocycles. The number of H-pyrrole nitrogens is 1. The average Bonchev–Trinajstić information content (AvgIpc) is 3.29. The highest BCUT2D eigenvalue weighted by Gasteiger charge is 2.43. The first-order valence-electron chi connectivity index (χ1n) is 9.84. The number of benzene rings is 3. The zero-order valence-electron chi connectivity index (χ0n) is 16.7. The van der Waals surface area contributed by atoms with E-state index in [2.05, 4.69) is 41.4 Å². The molecule has 0 fully saturated rings. The van der Waals surface area contributed by atoms with Crippen LogP contribution in [0.2, 0.25) is 5.02 Å². The molecule has 0 spiro atoms. The fourth-order valence-electron chi connectivity index (χ4n) is 4.01. The molecule has 4 nitrogen and oxygen atoms in total. The summed E-state index contributed by atoms with van der Waals surface area (Å²) in [4.78, 5) is 15.3. The van der Waals surface area contributed by atoms with E-state index in [9.17, 15) is 4.79 Å². The molecule has 2 heterocycles. The second kappa shape index (κ2) is 7.15. The van der Waals surface area contributed by atoms with E-state index in [4.69, 9.17) is 11.6 Å². The summed E-state index contributed by atoms with van der Waals surface area (Å²) in [5.74, 6) is -0.0767. The van der Waals surface area contributed by atoms with Crippen LogP contribution in [0, 0.1) is 13.8 Å². The number of aryl methyl sites for hydroxylation is 2. The lowest BCUT2D eigenvalue weighted by molar-refractivity contribution is 0.0989. The summed E-state index contributed by atoms with van der Waals surface area (Å²) in [5.41, 5.74) is 7.36. The van der Waals surface area contributed by atoms with Crippen LogP contribution in [-0.4, -0.2) is 16.1 Å². The number of nitrogens with one attached hydrogen (secondary N) is 1. The average molecular weight is 414 g/mol. The number of aromatic amines is 1. The zero-order valence-corrected chi connectivity index (χ0v) is 17.4. The molecule has 5 heteroatoms. The van der Waals surface area contributed by atoms with Crippen LogP contribution in [0.5, 0.6) is 0 Å². The largest absolute Gasteiger partial charge is 0.295 e. The van der Waals surface area contributed by atoms with E-state index in [0.29, 0.717) is 10.7 Å². The fourth-order valence-corrected chi connectivity index (χ4v) is 4.14. The number of amides is 1. The van der Waals surface area contributed by atoms with Gasteiger partial charge < -0.3 is 0 Å². The van der Waals surface area contributed by atoms with E-state index in [0.717, 1.165) is 33.6 Å². The molecule has 1 amide bonds. The molecule has 1 aromatic heterocycles. The third-order valence-corrected chi connectivity index (χ3v) is 5.84. The van der Waals surface area contributed by atoms with Crippen LogP contribution in [0.15, 0.2) is 72.8 Å². The van der Waals surface area contributed by atoms with Gasteiger partial charge in [0.1, 0.15) is 5.69 Å². The van der Waals surface area contributed by atoms with Crippen LogP contribution in [0.3, 0.4) is 0 Å². The minimum atomic E-state index is -0.264. The van der Waals surface area contributed by atoms with E-state index >= 15 is 0 Å². The van der Waals surface area contributed by atoms with Gasteiger partial charge in [-0.2, -0.15) is 5.10 Å². The van der Waals surface area contributed by atoms with Crippen LogP contribution in [-0.2, 0) is 0 Å². The first kappa shape index (κ1) is 18.6. The molecule has 0 aliphatic carbocycles. The second-order valence-electron chi connectivity index (χ2n) is 7.69. The topological polar surface area (TPSA) is 49.0 Å². The summed E-state index contributed by atoms with van der Waals surface area (Å²) in [7, 11) is 0. The Labute approximate surface area is 180 Å². The van der Waals surface area contributed by atoms with Gasteiger partial charge in [-0.25, -0.2) is 0 Å². The molecule has 1 atom stereocenters. The lowest BCUT2D eigenvalue weighted by atomic mass is 9.95. The molecule has 1 aliphatic heterocycles. The molecule has 0 radical (unpaired) electrons. The summed E-state index contributed by atoms with van der Waals surface area (Å²) in [5, 5.41) is 8.17. The Kier molecular flexibility index (Phi) is 4.44. The van der Waals surface area contributed by atoms with Crippen molar-refractivity contribution in [3.8, 4) is 11.3 Å². The SMILES string of the molecule is Cc1ccc([C@@H]2c3c(-c4ccc(Cl)cc4)n[nH]c3C(=O)N2c2ccc(C)cc2)cc1. The summed E-state index contributed by atoms with van der Waals surface area (Å²) < 4.78 is 0. The highest BCUT2D eigenvalue weighted by molar-refractivity contribution is 6.30. The molecule has 1 aliphatic rings. The maximum atomic E-state index is 13.5. The lowest BCUT2D eigenvalue weighted by Crippen LogP contribution is -2.29. The number of halogens is 1. The first-order chi connectivity index (χ1) is 14.5. The van der Waals surface area contributed by atoms with Gasteiger partial charge in [0.25, 0.3) is 5.91 Å². The van der Waals surface area contributed by atoms with Crippen LogP contribution in [0.1, 0.15) is 38.8 Å². The second-order valence-corrected chi connectivity index (χ2v) is 8.13. The van der Waals surface area contributed by atoms with Gasteiger partial charge in [0.05, 0.1) is 11.7 Å².